The number of carbonyl (C=O) groups is 1. The molecule has 5 nitrogen and oxygen atoms in total. The molecule has 2 aromatic rings. The Hall–Kier alpha value is -2.28. The first-order valence-corrected chi connectivity index (χ1v) is 7.48. The molecule has 0 saturated carbocycles. The van der Waals surface area contributed by atoms with Crippen molar-refractivity contribution in [2.45, 2.75) is 12.8 Å². The van der Waals surface area contributed by atoms with E-state index in [1.807, 2.05) is 0 Å². The molecule has 1 N–H and O–H groups in total. The summed E-state index contributed by atoms with van der Waals surface area (Å²) in [6.45, 7) is 1.31. The molecule has 0 atom stereocenters. The zero-order chi connectivity index (χ0) is 16.4. The zero-order valence-electron chi connectivity index (χ0n) is 12.5. The summed E-state index contributed by atoms with van der Waals surface area (Å²) in [7, 11) is 0. The maximum atomic E-state index is 13.8. The molecule has 1 saturated heterocycles. The number of amides is 1. The number of aliphatic hydroxyl groups excluding tert-OH is 1. The smallest absolute Gasteiger partial charge is 0.257 e. The van der Waals surface area contributed by atoms with Crippen LogP contribution in [0, 0.1) is 17.6 Å². The highest BCUT2D eigenvalue weighted by Crippen LogP contribution is 2.19. The summed E-state index contributed by atoms with van der Waals surface area (Å²) in [5, 5.41) is 13.1. The molecule has 1 aliphatic heterocycles. The summed E-state index contributed by atoms with van der Waals surface area (Å²) >= 11 is 0. The fraction of sp³-hybridized carbons (Fsp3) is 0.375. The van der Waals surface area contributed by atoms with Gasteiger partial charge in [-0.25, -0.2) is 13.5 Å². The number of benzene rings is 1. The van der Waals surface area contributed by atoms with Gasteiger partial charge in [0.05, 0.1) is 11.8 Å². The minimum Gasteiger partial charge on any atom is -0.396 e. The van der Waals surface area contributed by atoms with Crippen LogP contribution in [0.1, 0.15) is 23.2 Å². The lowest BCUT2D eigenvalue weighted by atomic mass is 9.97. The molecule has 1 aliphatic rings. The quantitative estimate of drug-likeness (QED) is 0.940. The topological polar surface area (TPSA) is 58.4 Å². The van der Waals surface area contributed by atoms with Crippen LogP contribution in [0.15, 0.2) is 30.6 Å². The number of likely N-dealkylation sites (tertiary alicyclic amines) is 1. The monoisotopic (exact) mass is 321 g/mol. The molecule has 3 rings (SSSR count). The lowest BCUT2D eigenvalue weighted by Crippen LogP contribution is -2.39. The summed E-state index contributed by atoms with van der Waals surface area (Å²) in [5.41, 5.74) is 0.445. The standard InChI is InChI=1S/C16H17F2N3O2/c17-13-1-2-15(14(18)7-13)21-9-12(8-19-21)16(23)20-5-3-11(10-22)4-6-20/h1-2,7-9,11,22H,3-6,10H2. The van der Waals surface area contributed by atoms with Crippen LogP contribution in [0.3, 0.4) is 0 Å². The van der Waals surface area contributed by atoms with Crippen molar-refractivity contribution in [1.82, 2.24) is 14.7 Å². The van der Waals surface area contributed by atoms with Crippen LogP contribution >= 0.6 is 0 Å². The van der Waals surface area contributed by atoms with Crippen molar-refractivity contribution >= 4 is 5.91 Å². The van der Waals surface area contributed by atoms with E-state index in [0.29, 0.717) is 18.7 Å². The van der Waals surface area contributed by atoms with E-state index in [1.54, 1.807) is 4.90 Å². The SMILES string of the molecule is O=C(c1cnn(-c2ccc(F)cc2F)c1)N1CCC(CO)CC1. The summed E-state index contributed by atoms with van der Waals surface area (Å²) in [6.07, 6.45) is 4.35. The average Bonchev–Trinajstić information content (AvgIpc) is 3.04. The molecule has 0 unspecified atom stereocenters. The Bertz CT molecular complexity index is 709. The third kappa shape index (κ3) is 3.24. The fourth-order valence-corrected chi connectivity index (χ4v) is 2.73. The van der Waals surface area contributed by atoms with E-state index in [2.05, 4.69) is 5.10 Å². The van der Waals surface area contributed by atoms with Gasteiger partial charge in [0, 0.05) is 32.0 Å². The minimum atomic E-state index is -0.740. The number of halogens is 2. The Kier molecular flexibility index (Phi) is 4.38. The van der Waals surface area contributed by atoms with Crippen molar-refractivity contribution in [1.29, 1.82) is 0 Å². The Balaban J connectivity index is 1.75. The van der Waals surface area contributed by atoms with Crippen molar-refractivity contribution in [2.75, 3.05) is 19.7 Å². The first-order valence-electron chi connectivity index (χ1n) is 7.48. The van der Waals surface area contributed by atoms with Gasteiger partial charge in [0.15, 0.2) is 5.82 Å². The van der Waals surface area contributed by atoms with E-state index >= 15 is 0 Å². The van der Waals surface area contributed by atoms with Crippen molar-refractivity contribution in [2.24, 2.45) is 5.92 Å². The summed E-state index contributed by atoms with van der Waals surface area (Å²) < 4.78 is 27.9. The average molecular weight is 321 g/mol. The van der Waals surface area contributed by atoms with E-state index in [9.17, 15) is 13.6 Å². The van der Waals surface area contributed by atoms with Gasteiger partial charge in [0.25, 0.3) is 5.91 Å². The third-order valence-corrected chi connectivity index (χ3v) is 4.15. The molecule has 1 aromatic carbocycles. The molecule has 0 spiro atoms. The molecule has 7 heteroatoms. The summed E-state index contributed by atoms with van der Waals surface area (Å²) in [4.78, 5) is 14.1. The van der Waals surface area contributed by atoms with Crippen LogP contribution in [-0.4, -0.2) is 45.4 Å². The highest BCUT2D eigenvalue weighted by atomic mass is 19.1. The largest absolute Gasteiger partial charge is 0.396 e. The first kappa shape index (κ1) is 15.6. The Morgan fingerprint density at radius 1 is 1.30 bits per heavy atom. The maximum Gasteiger partial charge on any atom is 0.257 e. The number of piperidine rings is 1. The minimum absolute atomic E-state index is 0.0874. The van der Waals surface area contributed by atoms with Crippen molar-refractivity contribution in [3.63, 3.8) is 0 Å². The third-order valence-electron chi connectivity index (χ3n) is 4.15. The van der Waals surface area contributed by atoms with Gasteiger partial charge in [-0.05, 0) is 30.9 Å². The van der Waals surface area contributed by atoms with Crippen LogP contribution < -0.4 is 0 Å². The zero-order valence-corrected chi connectivity index (χ0v) is 12.5. The van der Waals surface area contributed by atoms with Gasteiger partial charge in [-0.1, -0.05) is 0 Å². The number of rotatable bonds is 3. The number of nitrogens with zero attached hydrogens (tertiary/aromatic N) is 3. The molecular formula is C16H17F2N3O2. The van der Waals surface area contributed by atoms with E-state index < -0.39 is 11.6 Å². The summed E-state index contributed by atoms with van der Waals surface area (Å²) in [5.74, 6) is -1.33. The van der Waals surface area contributed by atoms with Gasteiger partial charge in [-0.15, -0.1) is 0 Å². The normalized spacial score (nSPS) is 15.9. The molecule has 0 aliphatic carbocycles. The second-order valence-corrected chi connectivity index (χ2v) is 5.69. The van der Waals surface area contributed by atoms with Crippen molar-refractivity contribution < 1.29 is 18.7 Å². The van der Waals surface area contributed by atoms with Gasteiger partial charge in [0.1, 0.15) is 11.5 Å². The van der Waals surface area contributed by atoms with Gasteiger partial charge in [0.2, 0.25) is 0 Å². The Labute approximate surface area is 132 Å². The molecule has 1 fully saturated rings. The Morgan fingerprint density at radius 2 is 2.04 bits per heavy atom. The van der Waals surface area contributed by atoms with E-state index in [-0.39, 0.29) is 24.1 Å². The molecule has 2 heterocycles. The molecular weight excluding hydrogens is 304 g/mol. The predicted octanol–water partition coefficient (Wildman–Crippen LogP) is 1.99. The van der Waals surface area contributed by atoms with Crippen LogP contribution in [0.25, 0.3) is 5.69 Å². The van der Waals surface area contributed by atoms with Gasteiger partial charge in [-0.2, -0.15) is 5.10 Å². The molecule has 0 radical (unpaired) electrons. The molecule has 0 bridgehead atoms. The van der Waals surface area contributed by atoms with Gasteiger partial charge >= 0.3 is 0 Å². The first-order chi connectivity index (χ1) is 11.1. The second kappa shape index (κ2) is 6.45. The number of hydrogen-bond donors (Lipinski definition) is 1. The number of carbonyl (C=O) groups excluding carboxylic acids is 1. The molecule has 1 aromatic heterocycles. The van der Waals surface area contributed by atoms with E-state index in [4.69, 9.17) is 5.11 Å². The molecule has 122 valence electrons. The van der Waals surface area contributed by atoms with Crippen molar-refractivity contribution in [3.8, 4) is 5.69 Å². The van der Waals surface area contributed by atoms with E-state index in [0.717, 1.165) is 25.0 Å². The summed E-state index contributed by atoms with van der Waals surface area (Å²) in [6, 6.07) is 3.19. The number of hydrogen-bond acceptors (Lipinski definition) is 3. The maximum absolute atomic E-state index is 13.8. The van der Waals surface area contributed by atoms with Gasteiger partial charge < -0.3 is 10.0 Å². The lowest BCUT2D eigenvalue weighted by Gasteiger charge is -2.30. The highest BCUT2D eigenvalue weighted by molar-refractivity contribution is 5.93. The van der Waals surface area contributed by atoms with Crippen LogP contribution in [0.5, 0.6) is 0 Å². The highest BCUT2D eigenvalue weighted by Gasteiger charge is 2.24. The van der Waals surface area contributed by atoms with E-state index in [1.165, 1.54) is 23.1 Å². The number of aromatic nitrogens is 2. The molecule has 23 heavy (non-hydrogen) atoms. The van der Waals surface area contributed by atoms with Crippen LogP contribution in [0.2, 0.25) is 0 Å². The van der Waals surface area contributed by atoms with Crippen molar-refractivity contribution in [3.05, 3.63) is 47.8 Å². The number of aliphatic hydroxyl groups is 1. The van der Waals surface area contributed by atoms with Crippen LogP contribution in [-0.2, 0) is 0 Å². The van der Waals surface area contributed by atoms with Gasteiger partial charge in [-0.3, -0.25) is 4.79 Å². The Morgan fingerprint density at radius 3 is 2.70 bits per heavy atom. The molecule has 1 amide bonds. The second-order valence-electron chi connectivity index (χ2n) is 5.69. The van der Waals surface area contributed by atoms with Crippen LogP contribution in [0.4, 0.5) is 8.78 Å². The lowest BCUT2D eigenvalue weighted by molar-refractivity contribution is 0.0651. The fourth-order valence-electron chi connectivity index (χ4n) is 2.73. The predicted molar refractivity (Wildman–Crippen MR) is 79.2 cm³/mol.